The van der Waals surface area contributed by atoms with E-state index in [9.17, 15) is 0 Å². The van der Waals surface area contributed by atoms with Crippen LogP contribution in [0.1, 0.15) is 22.3 Å². The summed E-state index contributed by atoms with van der Waals surface area (Å²) in [5, 5.41) is 3.40. The quantitative estimate of drug-likeness (QED) is 0.841. The molecular formula is C15H21NO. The molecule has 2 fully saturated rings. The minimum absolute atomic E-state index is 0.299. The van der Waals surface area contributed by atoms with E-state index in [1.54, 1.807) is 5.56 Å². The van der Waals surface area contributed by atoms with E-state index >= 15 is 0 Å². The summed E-state index contributed by atoms with van der Waals surface area (Å²) in [7, 11) is 0. The monoisotopic (exact) mass is 231 g/mol. The summed E-state index contributed by atoms with van der Waals surface area (Å²) in [5.41, 5.74) is 6.11. The van der Waals surface area contributed by atoms with E-state index in [-0.39, 0.29) is 0 Å². The molecule has 0 atom stereocenters. The number of nitrogens with one attached hydrogen (secondary N) is 1. The molecule has 0 aliphatic carbocycles. The maximum Gasteiger partial charge on any atom is 0.0589 e. The van der Waals surface area contributed by atoms with Gasteiger partial charge in [0.05, 0.1) is 13.2 Å². The Labute approximate surface area is 103 Å². The molecule has 0 radical (unpaired) electrons. The molecule has 0 amide bonds. The molecule has 2 aliphatic heterocycles. The minimum Gasteiger partial charge on any atom is -0.379 e. The van der Waals surface area contributed by atoms with Gasteiger partial charge in [0.25, 0.3) is 0 Å². The van der Waals surface area contributed by atoms with Gasteiger partial charge in [-0.3, -0.25) is 0 Å². The maximum atomic E-state index is 5.56. The van der Waals surface area contributed by atoms with Crippen molar-refractivity contribution in [1.29, 1.82) is 0 Å². The molecule has 0 aromatic heterocycles. The van der Waals surface area contributed by atoms with Gasteiger partial charge >= 0.3 is 0 Å². The SMILES string of the molecule is Cc1cc(C)c(C2(C3CNC3)COC2)c(C)c1. The highest BCUT2D eigenvalue weighted by Crippen LogP contribution is 2.44. The number of aryl methyl sites for hydroxylation is 3. The fraction of sp³-hybridized carbons (Fsp3) is 0.600. The average molecular weight is 231 g/mol. The lowest BCUT2D eigenvalue weighted by Gasteiger charge is -2.52. The third-order valence-corrected chi connectivity index (χ3v) is 4.46. The number of hydrogen-bond donors (Lipinski definition) is 1. The first-order valence-electron chi connectivity index (χ1n) is 6.50. The van der Waals surface area contributed by atoms with E-state index in [4.69, 9.17) is 4.74 Å². The lowest BCUT2D eigenvalue weighted by atomic mass is 9.64. The third kappa shape index (κ3) is 1.54. The van der Waals surface area contributed by atoms with Crippen molar-refractivity contribution in [2.75, 3.05) is 26.3 Å². The molecule has 2 aliphatic rings. The molecule has 17 heavy (non-hydrogen) atoms. The second-order valence-electron chi connectivity index (χ2n) is 5.78. The molecule has 2 heterocycles. The molecule has 92 valence electrons. The van der Waals surface area contributed by atoms with Crippen molar-refractivity contribution in [1.82, 2.24) is 5.32 Å². The summed E-state index contributed by atoms with van der Waals surface area (Å²) < 4.78 is 5.56. The van der Waals surface area contributed by atoms with Crippen LogP contribution in [0.15, 0.2) is 12.1 Å². The molecule has 2 nitrogen and oxygen atoms in total. The molecular weight excluding hydrogens is 210 g/mol. The Kier molecular flexibility index (Phi) is 2.53. The van der Waals surface area contributed by atoms with Gasteiger partial charge in [-0.2, -0.15) is 0 Å². The normalized spacial score (nSPS) is 23.0. The van der Waals surface area contributed by atoms with Crippen molar-refractivity contribution in [2.45, 2.75) is 26.2 Å². The Balaban J connectivity index is 2.07. The van der Waals surface area contributed by atoms with Crippen molar-refractivity contribution in [3.8, 4) is 0 Å². The Bertz CT molecular complexity index is 421. The van der Waals surface area contributed by atoms with E-state index in [0.29, 0.717) is 5.41 Å². The summed E-state index contributed by atoms with van der Waals surface area (Å²) in [6, 6.07) is 4.63. The first-order valence-corrected chi connectivity index (χ1v) is 6.50. The Morgan fingerprint density at radius 2 is 1.71 bits per heavy atom. The second-order valence-corrected chi connectivity index (χ2v) is 5.78. The fourth-order valence-corrected chi connectivity index (χ4v) is 3.55. The summed E-state index contributed by atoms with van der Waals surface area (Å²) >= 11 is 0. The van der Waals surface area contributed by atoms with Gasteiger partial charge < -0.3 is 10.1 Å². The van der Waals surface area contributed by atoms with Crippen LogP contribution in [-0.2, 0) is 10.2 Å². The van der Waals surface area contributed by atoms with Crippen LogP contribution in [0.2, 0.25) is 0 Å². The maximum absolute atomic E-state index is 5.56. The molecule has 0 saturated carbocycles. The zero-order chi connectivity index (χ0) is 12.0. The van der Waals surface area contributed by atoms with Crippen LogP contribution in [0.3, 0.4) is 0 Å². The van der Waals surface area contributed by atoms with Crippen LogP contribution in [0, 0.1) is 26.7 Å². The van der Waals surface area contributed by atoms with Crippen LogP contribution in [-0.4, -0.2) is 26.3 Å². The minimum atomic E-state index is 0.299. The predicted octanol–water partition coefficient (Wildman–Crippen LogP) is 2.10. The second kappa shape index (κ2) is 3.82. The van der Waals surface area contributed by atoms with Gasteiger partial charge in [-0.15, -0.1) is 0 Å². The van der Waals surface area contributed by atoms with Gasteiger partial charge in [-0.25, -0.2) is 0 Å². The third-order valence-electron chi connectivity index (χ3n) is 4.46. The fourth-order valence-electron chi connectivity index (χ4n) is 3.55. The highest BCUT2D eigenvalue weighted by atomic mass is 16.5. The topological polar surface area (TPSA) is 21.3 Å². The van der Waals surface area contributed by atoms with Crippen molar-refractivity contribution < 1.29 is 4.74 Å². The van der Waals surface area contributed by atoms with Gasteiger partial charge in [-0.1, -0.05) is 17.7 Å². The molecule has 1 aromatic rings. The zero-order valence-electron chi connectivity index (χ0n) is 11.0. The Morgan fingerprint density at radius 1 is 1.12 bits per heavy atom. The summed E-state index contributed by atoms with van der Waals surface area (Å²) in [4.78, 5) is 0. The molecule has 2 saturated heterocycles. The van der Waals surface area contributed by atoms with E-state index in [1.807, 2.05) is 0 Å². The van der Waals surface area contributed by atoms with Crippen molar-refractivity contribution in [3.05, 3.63) is 34.4 Å². The van der Waals surface area contributed by atoms with Gasteiger partial charge in [0.1, 0.15) is 0 Å². The van der Waals surface area contributed by atoms with Gasteiger partial charge in [0.15, 0.2) is 0 Å². The van der Waals surface area contributed by atoms with Crippen LogP contribution >= 0.6 is 0 Å². The first-order chi connectivity index (χ1) is 8.13. The number of benzene rings is 1. The highest BCUT2D eigenvalue weighted by molar-refractivity contribution is 5.45. The highest BCUT2D eigenvalue weighted by Gasteiger charge is 2.50. The van der Waals surface area contributed by atoms with Crippen LogP contribution in [0.5, 0.6) is 0 Å². The first kappa shape index (κ1) is 11.2. The zero-order valence-corrected chi connectivity index (χ0v) is 11.0. The molecule has 0 unspecified atom stereocenters. The summed E-state index contributed by atoms with van der Waals surface area (Å²) in [6.07, 6.45) is 0. The van der Waals surface area contributed by atoms with Crippen LogP contribution in [0.25, 0.3) is 0 Å². The van der Waals surface area contributed by atoms with E-state index in [0.717, 1.165) is 32.2 Å². The average Bonchev–Trinajstić information content (AvgIpc) is 2.08. The molecule has 3 rings (SSSR count). The molecule has 1 aromatic carbocycles. The number of ether oxygens (including phenoxy) is 1. The van der Waals surface area contributed by atoms with Crippen molar-refractivity contribution in [2.24, 2.45) is 5.92 Å². The molecule has 2 heteroatoms. The molecule has 0 spiro atoms. The van der Waals surface area contributed by atoms with E-state index in [1.165, 1.54) is 16.7 Å². The van der Waals surface area contributed by atoms with Gasteiger partial charge in [-0.05, 0) is 43.4 Å². The van der Waals surface area contributed by atoms with E-state index in [2.05, 4.69) is 38.2 Å². The predicted molar refractivity (Wildman–Crippen MR) is 69.5 cm³/mol. The van der Waals surface area contributed by atoms with Gasteiger partial charge in [0, 0.05) is 18.5 Å². The molecule has 0 bridgehead atoms. The standard InChI is InChI=1S/C15H21NO/c1-10-4-11(2)14(12(3)5-10)15(8-17-9-15)13-6-16-7-13/h4-5,13,16H,6-9H2,1-3H3. The molecule has 1 N–H and O–H groups in total. The summed E-state index contributed by atoms with van der Waals surface area (Å²) in [6.45, 7) is 10.8. The van der Waals surface area contributed by atoms with Crippen LogP contribution < -0.4 is 5.32 Å². The summed E-state index contributed by atoms with van der Waals surface area (Å²) in [5.74, 6) is 0.761. The van der Waals surface area contributed by atoms with E-state index < -0.39 is 0 Å². The van der Waals surface area contributed by atoms with Crippen molar-refractivity contribution >= 4 is 0 Å². The Morgan fingerprint density at radius 3 is 2.06 bits per heavy atom. The smallest absolute Gasteiger partial charge is 0.0589 e. The number of hydrogen-bond acceptors (Lipinski definition) is 2. The van der Waals surface area contributed by atoms with Gasteiger partial charge in [0.2, 0.25) is 0 Å². The van der Waals surface area contributed by atoms with Crippen molar-refractivity contribution in [3.63, 3.8) is 0 Å². The number of rotatable bonds is 2. The Hall–Kier alpha value is -0.860. The van der Waals surface area contributed by atoms with Crippen LogP contribution in [0.4, 0.5) is 0 Å². The lowest BCUT2D eigenvalue weighted by Crippen LogP contribution is -2.63. The lowest BCUT2D eigenvalue weighted by molar-refractivity contribution is -0.102. The largest absolute Gasteiger partial charge is 0.379 e.